The third-order valence-corrected chi connectivity index (χ3v) is 4.57. The Balaban J connectivity index is 1.48. The first-order valence-electron chi connectivity index (χ1n) is 8.92. The van der Waals surface area contributed by atoms with Crippen LogP contribution in [0.5, 0.6) is 0 Å². The van der Waals surface area contributed by atoms with Gasteiger partial charge in [0.2, 0.25) is 0 Å². The Morgan fingerprint density at radius 1 is 1.38 bits per heavy atom. The van der Waals surface area contributed by atoms with Gasteiger partial charge in [0.1, 0.15) is 5.84 Å². The molecule has 1 aliphatic rings. The minimum Gasteiger partial charge on any atom is -0.368 e. The summed E-state index contributed by atoms with van der Waals surface area (Å²) in [5.41, 5.74) is 2.26. The molecule has 136 valence electrons. The largest absolute Gasteiger partial charge is 0.368 e. The standard InChI is InChI=1S/C20H26N6/c1-15(23-13-18-12-16-6-2-3-8-19(16)25-18)24-17-7-5-11-26(14-17)20(22)9-4-10-21/h2-4,6,8-10,12,17,21-25H,1,5,7,11,13-14H2/b9-4-,21-10?,22-20?. The predicted molar refractivity (Wildman–Crippen MR) is 108 cm³/mol. The number of allylic oxidation sites excluding steroid dienone is 1. The van der Waals surface area contributed by atoms with Gasteiger partial charge in [-0.3, -0.25) is 5.41 Å². The average Bonchev–Trinajstić information content (AvgIpc) is 3.07. The molecule has 6 nitrogen and oxygen atoms in total. The number of aromatic nitrogens is 1. The normalized spacial score (nSPS) is 17.4. The molecular weight excluding hydrogens is 324 g/mol. The van der Waals surface area contributed by atoms with Gasteiger partial charge >= 0.3 is 0 Å². The fraction of sp³-hybridized carbons (Fsp3) is 0.300. The lowest BCUT2D eigenvalue weighted by molar-refractivity contribution is 0.284. The molecule has 0 saturated carbocycles. The Morgan fingerprint density at radius 2 is 2.23 bits per heavy atom. The summed E-state index contributed by atoms with van der Waals surface area (Å²) in [7, 11) is 0. The van der Waals surface area contributed by atoms with Crippen molar-refractivity contribution in [3.05, 3.63) is 60.6 Å². The van der Waals surface area contributed by atoms with Gasteiger partial charge in [0.05, 0.1) is 12.4 Å². The molecule has 1 aromatic heterocycles. The highest BCUT2D eigenvalue weighted by Gasteiger charge is 2.20. The maximum atomic E-state index is 8.07. The minimum absolute atomic E-state index is 0.264. The van der Waals surface area contributed by atoms with E-state index in [9.17, 15) is 0 Å². The second-order valence-electron chi connectivity index (χ2n) is 6.55. The van der Waals surface area contributed by atoms with Crippen LogP contribution in [0.3, 0.4) is 0 Å². The number of para-hydroxylation sites is 1. The van der Waals surface area contributed by atoms with Crippen molar-refractivity contribution in [2.45, 2.75) is 25.4 Å². The summed E-state index contributed by atoms with van der Waals surface area (Å²) in [5, 5.41) is 23.1. The SMILES string of the molecule is C=C(NCc1cc2ccccc2[nH]1)NC1CCCN(C(=N)/C=C\C=N)C1. The summed E-state index contributed by atoms with van der Waals surface area (Å²) in [4.78, 5) is 5.44. The molecule has 3 rings (SSSR count). The molecule has 0 bridgehead atoms. The number of hydrogen-bond donors (Lipinski definition) is 5. The van der Waals surface area contributed by atoms with Gasteiger partial charge in [-0.25, -0.2) is 0 Å². The molecule has 1 fully saturated rings. The maximum Gasteiger partial charge on any atom is 0.120 e. The summed E-state index contributed by atoms with van der Waals surface area (Å²) < 4.78 is 0. The molecule has 26 heavy (non-hydrogen) atoms. The van der Waals surface area contributed by atoms with Crippen LogP contribution in [0.25, 0.3) is 10.9 Å². The highest BCUT2D eigenvalue weighted by molar-refractivity contribution is 5.93. The first kappa shape index (κ1) is 17.8. The molecule has 1 aromatic carbocycles. The van der Waals surface area contributed by atoms with Crippen molar-refractivity contribution in [3.8, 4) is 0 Å². The topological polar surface area (TPSA) is 90.8 Å². The fourth-order valence-corrected chi connectivity index (χ4v) is 3.29. The first-order chi connectivity index (χ1) is 12.7. The Bertz CT molecular complexity index is 786. The molecule has 1 aliphatic heterocycles. The van der Waals surface area contributed by atoms with E-state index >= 15 is 0 Å². The summed E-state index contributed by atoms with van der Waals surface area (Å²) >= 11 is 0. The molecule has 1 unspecified atom stereocenters. The van der Waals surface area contributed by atoms with E-state index in [-0.39, 0.29) is 6.04 Å². The van der Waals surface area contributed by atoms with Crippen LogP contribution >= 0.6 is 0 Å². The quantitative estimate of drug-likeness (QED) is 0.393. The fourth-order valence-electron chi connectivity index (χ4n) is 3.29. The van der Waals surface area contributed by atoms with Crippen LogP contribution in [0.15, 0.2) is 54.9 Å². The van der Waals surface area contributed by atoms with Crippen molar-refractivity contribution in [2.75, 3.05) is 13.1 Å². The van der Waals surface area contributed by atoms with Gasteiger partial charge in [0, 0.05) is 36.6 Å². The van der Waals surface area contributed by atoms with Crippen molar-refractivity contribution in [1.82, 2.24) is 20.5 Å². The van der Waals surface area contributed by atoms with Crippen molar-refractivity contribution in [3.63, 3.8) is 0 Å². The molecule has 6 heteroatoms. The number of likely N-dealkylation sites (tertiary alicyclic amines) is 1. The summed E-state index contributed by atoms with van der Waals surface area (Å²) in [6, 6.07) is 10.7. The number of nitrogens with zero attached hydrogens (tertiary/aromatic N) is 1. The van der Waals surface area contributed by atoms with Gasteiger partial charge < -0.3 is 25.9 Å². The molecular formula is C20H26N6. The Morgan fingerprint density at radius 3 is 3.04 bits per heavy atom. The number of amidine groups is 1. The number of hydrogen-bond acceptors (Lipinski definition) is 4. The Labute approximate surface area is 154 Å². The monoisotopic (exact) mass is 350 g/mol. The number of fused-ring (bicyclic) bond motifs is 1. The van der Waals surface area contributed by atoms with E-state index in [0.29, 0.717) is 12.4 Å². The van der Waals surface area contributed by atoms with E-state index < -0.39 is 0 Å². The zero-order chi connectivity index (χ0) is 18.4. The van der Waals surface area contributed by atoms with Crippen LogP contribution in [0.1, 0.15) is 18.5 Å². The maximum absolute atomic E-state index is 8.07. The molecule has 0 radical (unpaired) electrons. The molecule has 1 saturated heterocycles. The van der Waals surface area contributed by atoms with E-state index in [1.165, 1.54) is 11.6 Å². The third kappa shape index (κ3) is 4.53. The first-order valence-corrected chi connectivity index (χ1v) is 8.92. The van der Waals surface area contributed by atoms with Crippen LogP contribution in [0.4, 0.5) is 0 Å². The number of benzene rings is 1. The van der Waals surface area contributed by atoms with Crippen molar-refractivity contribution in [2.24, 2.45) is 0 Å². The van der Waals surface area contributed by atoms with E-state index in [0.717, 1.165) is 43.0 Å². The van der Waals surface area contributed by atoms with Crippen molar-refractivity contribution in [1.29, 1.82) is 10.8 Å². The molecule has 2 aromatic rings. The van der Waals surface area contributed by atoms with E-state index in [1.807, 2.05) is 17.0 Å². The van der Waals surface area contributed by atoms with E-state index in [1.54, 1.807) is 12.2 Å². The molecule has 0 spiro atoms. The van der Waals surface area contributed by atoms with Gasteiger partial charge in [-0.15, -0.1) is 0 Å². The summed E-state index contributed by atoms with van der Waals surface area (Å²) in [6.45, 7) is 6.43. The van der Waals surface area contributed by atoms with Crippen LogP contribution in [-0.2, 0) is 6.54 Å². The Kier molecular flexibility index (Phi) is 5.73. The second-order valence-corrected chi connectivity index (χ2v) is 6.55. The van der Waals surface area contributed by atoms with Crippen molar-refractivity contribution < 1.29 is 0 Å². The zero-order valence-electron chi connectivity index (χ0n) is 14.9. The zero-order valence-corrected chi connectivity index (χ0v) is 14.9. The minimum atomic E-state index is 0.264. The van der Waals surface area contributed by atoms with E-state index in [4.69, 9.17) is 10.8 Å². The Hall–Kier alpha value is -3.02. The van der Waals surface area contributed by atoms with Crippen LogP contribution in [0.2, 0.25) is 0 Å². The summed E-state index contributed by atoms with van der Waals surface area (Å²) in [5.74, 6) is 1.26. The smallest absolute Gasteiger partial charge is 0.120 e. The second kappa shape index (κ2) is 8.38. The molecule has 0 aliphatic carbocycles. The van der Waals surface area contributed by atoms with Gasteiger partial charge in [-0.1, -0.05) is 24.8 Å². The van der Waals surface area contributed by atoms with Gasteiger partial charge in [0.15, 0.2) is 0 Å². The van der Waals surface area contributed by atoms with Crippen LogP contribution in [0, 0.1) is 10.8 Å². The summed E-state index contributed by atoms with van der Waals surface area (Å²) in [6.07, 6.45) is 6.54. The lowest BCUT2D eigenvalue weighted by Crippen LogP contribution is -2.48. The van der Waals surface area contributed by atoms with Gasteiger partial charge in [-0.2, -0.15) is 0 Å². The number of piperidine rings is 1. The highest BCUT2D eigenvalue weighted by atomic mass is 15.2. The van der Waals surface area contributed by atoms with Crippen LogP contribution in [-0.4, -0.2) is 41.1 Å². The number of H-pyrrole nitrogens is 1. The lowest BCUT2D eigenvalue weighted by Gasteiger charge is -2.35. The van der Waals surface area contributed by atoms with Crippen LogP contribution < -0.4 is 10.6 Å². The molecule has 5 N–H and O–H groups in total. The number of rotatable bonds is 7. The lowest BCUT2D eigenvalue weighted by atomic mass is 10.1. The van der Waals surface area contributed by atoms with Crippen molar-refractivity contribution >= 4 is 23.0 Å². The molecule has 1 atom stereocenters. The van der Waals surface area contributed by atoms with Gasteiger partial charge in [0.25, 0.3) is 0 Å². The molecule has 2 heterocycles. The molecule has 0 amide bonds. The van der Waals surface area contributed by atoms with E-state index in [2.05, 4.69) is 40.4 Å². The van der Waals surface area contributed by atoms with Gasteiger partial charge in [-0.05, 0) is 42.5 Å². The average molecular weight is 350 g/mol. The number of aromatic amines is 1. The predicted octanol–water partition coefficient (Wildman–Crippen LogP) is 2.97. The highest BCUT2D eigenvalue weighted by Crippen LogP contribution is 2.15. The number of nitrogens with one attached hydrogen (secondary N) is 5. The third-order valence-electron chi connectivity index (χ3n) is 4.57.